The van der Waals surface area contributed by atoms with Gasteiger partial charge in [0.15, 0.2) is 9.84 Å². The molecule has 0 saturated heterocycles. The van der Waals surface area contributed by atoms with Gasteiger partial charge in [-0.1, -0.05) is 22.9 Å². The number of nitrogens with zero attached hydrogens (tertiary/aromatic N) is 1. The summed E-state index contributed by atoms with van der Waals surface area (Å²) < 4.78 is 25.4. The van der Waals surface area contributed by atoms with E-state index in [1.54, 1.807) is 24.3 Å². The zero-order valence-electron chi connectivity index (χ0n) is 10.8. The summed E-state index contributed by atoms with van der Waals surface area (Å²) in [7, 11) is -3.44. The number of oxime groups is 1. The van der Waals surface area contributed by atoms with E-state index in [-0.39, 0.29) is 11.8 Å². The van der Waals surface area contributed by atoms with Crippen molar-refractivity contribution in [1.29, 1.82) is 0 Å². The molecule has 2 aliphatic carbocycles. The van der Waals surface area contributed by atoms with E-state index in [9.17, 15) is 8.42 Å². The molecular weight excluding hydrogens is 262 g/mol. The van der Waals surface area contributed by atoms with E-state index in [1.807, 2.05) is 6.92 Å². The molecule has 0 aliphatic heterocycles. The fraction of sp³-hybridized carbons (Fsp3) is 0.500. The SMILES string of the molecule is Cc1ccc(S(=O)(=O)C2/C(=N\O)C3CCC2C3)cc1. The lowest BCUT2D eigenvalue weighted by molar-refractivity contribution is 0.313. The minimum absolute atomic E-state index is 0.113. The van der Waals surface area contributed by atoms with Crippen molar-refractivity contribution in [1.82, 2.24) is 0 Å². The Morgan fingerprint density at radius 3 is 2.53 bits per heavy atom. The third-order valence-electron chi connectivity index (χ3n) is 4.41. The van der Waals surface area contributed by atoms with Gasteiger partial charge in [-0.25, -0.2) is 8.42 Å². The predicted molar refractivity (Wildman–Crippen MR) is 72.2 cm³/mol. The Bertz CT molecular complexity index is 619. The lowest BCUT2D eigenvalue weighted by Gasteiger charge is -2.22. The van der Waals surface area contributed by atoms with Gasteiger partial charge in [0.25, 0.3) is 0 Å². The lowest BCUT2D eigenvalue weighted by atomic mass is 9.98. The summed E-state index contributed by atoms with van der Waals surface area (Å²) >= 11 is 0. The topological polar surface area (TPSA) is 66.7 Å². The fourth-order valence-electron chi connectivity index (χ4n) is 3.46. The van der Waals surface area contributed by atoms with Gasteiger partial charge in [-0.05, 0) is 44.2 Å². The predicted octanol–water partition coefficient (Wildman–Crippen LogP) is 2.40. The number of aryl methyl sites for hydroxylation is 1. The van der Waals surface area contributed by atoms with E-state index >= 15 is 0 Å². The molecule has 3 rings (SSSR count). The molecule has 1 aromatic rings. The van der Waals surface area contributed by atoms with Crippen LogP contribution in [0.3, 0.4) is 0 Å². The maximum Gasteiger partial charge on any atom is 0.187 e. The highest BCUT2D eigenvalue weighted by atomic mass is 32.2. The number of fused-ring (bicyclic) bond motifs is 2. The Kier molecular flexibility index (Phi) is 2.89. The molecule has 0 radical (unpaired) electrons. The van der Waals surface area contributed by atoms with Gasteiger partial charge in [0.05, 0.1) is 10.6 Å². The minimum Gasteiger partial charge on any atom is -0.411 e. The van der Waals surface area contributed by atoms with Crippen molar-refractivity contribution in [2.24, 2.45) is 17.0 Å². The Labute approximate surface area is 113 Å². The van der Waals surface area contributed by atoms with Crippen molar-refractivity contribution in [3.63, 3.8) is 0 Å². The van der Waals surface area contributed by atoms with Gasteiger partial charge < -0.3 is 5.21 Å². The molecule has 1 aromatic carbocycles. The first kappa shape index (κ1) is 12.7. The molecule has 5 heteroatoms. The van der Waals surface area contributed by atoms with Crippen molar-refractivity contribution in [2.45, 2.75) is 36.3 Å². The first-order valence-electron chi connectivity index (χ1n) is 6.56. The number of benzene rings is 1. The van der Waals surface area contributed by atoms with Crippen molar-refractivity contribution >= 4 is 15.5 Å². The maximum atomic E-state index is 12.7. The van der Waals surface area contributed by atoms with Crippen LogP contribution in [0, 0.1) is 18.8 Å². The Balaban J connectivity index is 2.03. The van der Waals surface area contributed by atoms with Gasteiger partial charge in [0.2, 0.25) is 0 Å². The summed E-state index contributed by atoms with van der Waals surface area (Å²) in [6, 6.07) is 6.89. The van der Waals surface area contributed by atoms with Crippen molar-refractivity contribution in [3.05, 3.63) is 29.8 Å². The summed E-state index contributed by atoms with van der Waals surface area (Å²) in [5.41, 5.74) is 1.50. The molecule has 0 aromatic heterocycles. The van der Waals surface area contributed by atoms with Crippen LogP contribution >= 0.6 is 0 Å². The molecule has 19 heavy (non-hydrogen) atoms. The average molecular weight is 279 g/mol. The highest BCUT2D eigenvalue weighted by molar-refractivity contribution is 7.92. The molecule has 102 valence electrons. The Morgan fingerprint density at radius 2 is 1.89 bits per heavy atom. The standard InChI is InChI=1S/C14H17NO3S/c1-9-2-6-12(7-3-9)19(17,18)14-11-5-4-10(8-11)13(14)15-16/h2-3,6-7,10-11,14,16H,4-5,8H2,1H3/b15-13-. The molecule has 2 saturated carbocycles. The molecule has 2 aliphatic rings. The average Bonchev–Trinajstić information content (AvgIpc) is 2.99. The van der Waals surface area contributed by atoms with Crippen LogP contribution in [0.15, 0.2) is 34.3 Å². The molecule has 3 atom stereocenters. The van der Waals surface area contributed by atoms with Gasteiger partial charge >= 0.3 is 0 Å². The number of hydrogen-bond donors (Lipinski definition) is 1. The second-order valence-corrected chi connectivity index (χ2v) is 7.64. The zero-order valence-corrected chi connectivity index (χ0v) is 11.6. The van der Waals surface area contributed by atoms with Crippen LogP contribution in [-0.4, -0.2) is 24.6 Å². The van der Waals surface area contributed by atoms with Crippen molar-refractivity contribution in [3.8, 4) is 0 Å². The molecule has 2 bridgehead atoms. The van der Waals surface area contributed by atoms with E-state index in [1.165, 1.54) is 0 Å². The molecule has 1 N–H and O–H groups in total. The molecule has 2 fully saturated rings. The Morgan fingerprint density at radius 1 is 1.21 bits per heavy atom. The lowest BCUT2D eigenvalue weighted by Crippen LogP contribution is -2.35. The number of sulfone groups is 1. The molecular formula is C14H17NO3S. The number of rotatable bonds is 2. The third-order valence-corrected chi connectivity index (χ3v) is 6.63. The first-order valence-corrected chi connectivity index (χ1v) is 8.11. The van der Waals surface area contributed by atoms with E-state index in [0.29, 0.717) is 10.6 Å². The smallest absolute Gasteiger partial charge is 0.187 e. The van der Waals surface area contributed by atoms with E-state index in [2.05, 4.69) is 5.16 Å². The van der Waals surface area contributed by atoms with Crippen LogP contribution in [0.5, 0.6) is 0 Å². The molecule has 4 nitrogen and oxygen atoms in total. The third kappa shape index (κ3) is 1.87. The van der Waals surface area contributed by atoms with Crippen LogP contribution in [0.25, 0.3) is 0 Å². The van der Waals surface area contributed by atoms with E-state index in [0.717, 1.165) is 24.8 Å². The van der Waals surface area contributed by atoms with Crippen LogP contribution < -0.4 is 0 Å². The van der Waals surface area contributed by atoms with Gasteiger partial charge in [-0.15, -0.1) is 0 Å². The van der Waals surface area contributed by atoms with Gasteiger partial charge in [0.1, 0.15) is 5.25 Å². The minimum atomic E-state index is -3.44. The summed E-state index contributed by atoms with van der Waals surface area (Å²) in [6.45, 7) is 1.93. The van der Waals surface area contributed by atoms with Crippen LogP contribution in [0.1, 0.15) is 24.8 Å². The van der Waals surface area contributed by atoms with Crippen molar-refractivity contribution in [2.75, 3.05) is 0 Å². The van der Waals surface area contributed by atoms with E-state index < -0.39 is 15.1 Å². The van der Waals surface area contributed by atoms with Gasteiger partial charge in [-0.2, -0.15) is 0 Å². The van der Waals surface area contributed by atoms with Crippen molar-refractivity contribution < 1.29 is 13.6 Å². The van der Waals surface area contributed by atoms with Crippen LogP contribution in [-0.2, 0) is 9.84 Å². The molecule has 0 spiro atoms. The second-order valence-electron chi connectivity index (χ2n) is 5.57. The van der Waals surface area contributed by atoms with Crippen LogP contribution in [0.2, 0.25) is 0 Å². The van der Waals surface area contributed by atoms with Gasteiger partial charge in [-0.3, -0.25) is 0 Å². The molecule has 3 unspecified atom stereocenters. The summed E-state index contributed by atoms with van der Waals surface area (Å²) in [5.74, 6) is 0.266. The summed E-state index contributed by atoms with van der Waals surface area (Å²) in [6.07, 6.45) is 2.71. The summed E-state index contributed by atoms with van der Waals surface area (Å²) in [5, 5.41) is 11.8. The normalized spacial score (nSPS) is 32.1. The summed E-state index contributed by atoms with van der Waals surface area (Å²) in [4.78, 5) is 0.330. The maximum absolute atomic E-state index is 12.7. The zero-order chi connectivity index (χ0) is 13.6. The monoisotopic (exact) mass is 279 g/mol. The molecule has 0 heterocycles. The van der Waals surface area contributed by atoms with Crippen LogP contribution in [0.4, 0.5) is 0 Å². The van der Waals surface area contributed by atoms with E-state index in [4.69, 9.17) is 5.21 Å². The Hall–Kier alpha value is -1.36. The quantitative estimate of drug-likeness (QED) is 0.667. The number of hydrogen-bond acceptors (Lipinski definition) is 4. The fourth-order valence-corrected chi connectivity index (χ4v) is 5.58. The second kappa shape index (κ2) is 4.34. The molecule has 0 amide bonds. The highest BCUT2D eigenvalue weighted by Crippen LogP contribution is 2.47. The van der Waals surface area contributed by atoms with Gasteiger partial charge in [0, 0.05) is 5.92 Å². The highest BCUT2D eigenvalue weighted by Gasteiger charge is 2.51. The first-order chi connectivity index (χ1) is 9.04. The largest absolute Gasteiger partial charge is 0.411 e.